The van der Waals surface area contributed by atoms with Gasteiger partial charge in [0.25, 0.3) is 0 Å². The quantitative estimate of drug-likeness (QED) is 0.784. The van der Waals surface area contributed by atoms with E-state index < -0.39 is 11.5 Å². The molecule has 21 heavy (non-hydrogen) atoms. The van der Waals surface area contributed by atoms with E-state index in [-0.39, 0.29) is 24.3 Å². The number of carbonyl (C=O) groups excluding carboxylic acids is 2. The van der Waals surface area contributed by atoms with Crippen molar-refractivity contribution in [2.45, 2.75) is 39.2 Å². The van der Waals surface area contributed by atoms with Gasteiger partial charge in [-0.15, -0.1) is 0 Å². The highest BCUT2D eigenvalue weighted by atomic mass is 16.4. The first-order valence-corrected chi connectivity index (χ1v) is 7.23. The molecule has 0 bridgehead atoms. The Hall–Kier alpha value is -1.79. The summed E-state index contributed by atoms with van der Waals surface area (Å²) in [6, 6.07) is -0.315. The predicted octanol–water partition coefficient (Wildman–Crippen LogP) is 0.750. The molecular formula is C14H25N3O4. The lowest BCUT2D eigenvalue weighted by Crippen LogP contribution is -2.65. The zero-order chi connectivity index (χ0) is 16.2. The molecule has 0 saturated carbocycles. The highest BCUT2D eigenvalue weighted by molar-refractivity contribution is 5.91. The van der Waals surface area contributed by atoms with Gasteiger partial charge in [-0.1, -0.05) is 13.3 Å². The normalized spacial score (nSPS) is 19.3. The number of likely N-dealkylation sites (N-methyl/N-ethyl adjacent to an activating group) is 1. The summed E-state index contributed by atoms with van der Waals surface area (Å²) < 4.78 is 0. The number of nitrogens with zero attached hydrogens (tertiary/aromatic N) is 2. The third kappa shape index (κ3) is 4.09. The largest absolute Gasteiger partial charge is 0.481 e. The number of hydrogen-bond donors (Lipinski definition) is 2. The lowest BCUT2D eigenvalue weighted by atomic mass is 9.98. The zero-order valence-corrected chi connectivity index (χ0v) is 13.2. The smallest absolute Gasteiger partial charge is 0.318 e. The molecule has 7 heteroatoms. The minimum Gasteiger partial charge on any atom is -0.481 e. The number of carbonyl (C=O) groups is 3. The highest BCUT2D eigenvalue weighted by Crippen LogP contribution is 2.21. The summed E-state index contributed by atoms with van der Waals surface area (Å²) in [6.45, 7) is 6.61. The summed E-state index contributed by atoms with van der Waals surface area (Å²) in [5.74, 6) is -1.06. The third-order valence-corrected chi connectivity index (χ3v) is 4.03. The number of hydrogen-bond acceptors (Lipinski definition) is 3. The summed E-state index contributed by atoms with van der Waals surface area (Å²) in [5, 5.41) is 11.6. The number of rotatable bonds is 5. The van der Waals surface area contributed by atoms with Crippen LogP contribution in [0.2, 0.25) is 0 Å². The van der Waals surface area contributed by atoms with Crippen LogP contribution in [0.1, 0.15) is 33.6 Å². The van der Waals surface area contributed by atoms with E-state index in [2.05, 4.69) is 5.32 Å². The number of nitrogens with one attached hydrogen (secondary N) is 1. The van der Waals surface area contributed by atoms with Gasteiger partial charge in [-0.2, -0.15) is 0 Å². The summed E-state index contributed by atoms with van der Waals surface area (Å²) in [7, 11) is 1.72. The summed E-state index contributed by atoms with van der Waals surface area (Å²) in [6.07, 6.45) is 0.708. The maximum Gasteiger partial charge on any atom is 0.318 e. The van der Waals surface area contributed by atoms with Crippen LogP contribution in [-0.4, -0.2) is 65.0 Å². The van der Waals surface area contributed by atoms with Crippen LogP contribution in [0, 0.1) is 5.92 Å². The molecule has 0 aliphatic carbocycles. The lowest BCUT2D eigenvalue weighted by molar-refractivity contribution is -0.144. The molecule has 0 aromatic heterocycles. The van der Waals surface area contributed by atoms with E-state index in [0.29, 0.717) is 26.1 Å². The Morgan fingerprint density at radius 2 is 2.00 bits per heavy atom. The molecule has 2 N–H and O–H groups in total. The average molecular weight is 299 g/mol. The van der Waals surface area contributed by atoms with Crippen LogP contribution in [0.25, 0.3) is 0 Å². The zero-order valence-electron chi connectivity index (χ0n) is 13.2. The second-order valence-electron chi connectivity index (χ2n) is 6.00. The Morgan fingerprint density at radius 1 is 1.38 bits per heavy atom. The van der Waals surface area contributed by atoms with Crippen LogP contribution in [0.15, 0.2) is 0 Å². The summed E-state index contributed by atoms with van der Waals surface area (Å²) >= 11 is 0. The van der Waals surface area contributed by atoms with Gasteiger partial charge in [0, 0.05) is 33.1 Å². The molecular weight excluding hydrogens is 274 g/mol. The van der Waals surface area contributed by atoms with Crippen LogP contribution >= 0.6 is 0 Å². The standard InChI is InChI=1S/C14H25N3O4/c1-5-10(8-11(18)19)9-15-13(21)17-7-6-16(4)12(20)14(17,2)3/h10H,5-9H2,1-4H3,(H,15,21)(H,18,19). The Kier molecular flexibility index (Phi) is 5.57. The molecule has 3 amide bonds. The Labute approximate surface area is 125 Å². The van der Waals surface area contributed by atoms with Crippen molar-refractivity contribution < 1.29 is 19.5 Å². The average Bonchev–Trinajstić information content (AvgIpc) is 2.40. The first-order valence-electron chi connectivity index (χ1n) is 7.23. The van der Waals surface area contributed by atoms with Gasteiger partial charge in [0.15, 0.2) is 0 Å². The van der Waals surface area contributed by atoms with Crippen molar-refractivity contribution in [1.82, 2.24) is 15.1 Å². The molecule has 1 rings (SSSR count). The van der Waals surface area contributed by atoms with Crippen molar-refractivity contribution in [2.24, 2.45) is 5.92 Å². The lowest BCUT2D eigenvalue weighted by Gasteiger charge is -2.44. The topological polar surface area (TPSA) is 90.0 Å². The van der Waals surface area contributed by atoms with Crippen molar-refractivity contribution in [3.63, 3.8) is 0 Å². The van der Waals surface area contributed by atoms with E-state index in [9.17, 15) is 14.4 Å². The van der Waals surface area contributed by atoms with E-state index in [4.69, 9.17) is 5.11 Å². The molecule has 0 aromatic rings. The van der Waals surface area contributed by atoms with Gasteiger partial charge in [-0.05, 0) is 19.8 Å². The van der Waals surface area contributed by atoms with Gasteiger partial charge in [0.1, 0.15) is 5.54 Å². The number of carboxylic acids is 1. The number of piperazine rings is 1. The number of amides is 3. The minimum atomic E-state index is -0.883. The third-order valence-electron chi connectivity index (χ3n) is 4.03. The summed E-state index contributed by atoms with van der Waals surface area (Å²) in [4.78, 5) is 38.3. The highest BCUT2D eigenvalue weighted by Gasteiger charge is 2.42. The minimum absolute atomic E-state index is 0.0296. The van der Waals surface area contributed by atoms with Gasteiger partial charge in [0.05, 0.1) is 0 Å². The fourth-order valence-electron chi connectivity index (χ4n) is 2.50. The van der Waals surface area contributed by atoms with E-state index in [1.165, 1.54) is 4.90 Å². The van der Waals surface area contributed by atoms with Crippen LogP contribution in [0.3, 0.4) is 0 Å². The van der Waals surface area contributed by atoms with Gasteiger partial charge in [-0.3, -0.25) is 9.59 Å². The maximum absolute atomic E-state index is 12.3. The van der Waals surface area contributed by atoms with E-state index in [0.717, 1.165) is 0 Å². The van der Waals surface area contributed by atoms with E-state index in [1.807, 2.05) is 6.92 Å². The van der Waals surface area contributed by atoms with Crippen molar-refractivity contribution in [1.29, 1.82) is 0 Å². The van der Waals surface area contributed by atoms with Crippen LogP contribution < -0.4 is 5.32 Å². The molecule has 0 aromatic carbocycles. The fourth-order valence-corrected chi connectivity index (χ4v) is 2.50. The number of aliphatic carboxylic acids is 1. The van der Waals surface area contributed by atoms with Crippen LogP contribution in [-0.2, 0) is 9.59 Å². The predicted molar refractivity (Wildman–Crippen MR) is 77.9 cm³/mol. The second kappa shape index (κ2) is 6.78. The van der Waals surface area contributed by atoms with Gasteiger partial charge in [0.2, 0.25) is 5.91 Å². The monoisotopic (exact) mass is 299 g/mol. The first kappa shape index (κ1) is 17.3. The van der Waals surface area contributed by atoms with Crippen molar-refractivity contribution in [3.05, 3.63) is 0 Å². The Bertz CT molecular complexity index is 422. The Balaban J connectivity index is 2.62. The molecule has 0 spiro atoms. The maximum atomic E-state index is 12.3. The molecule has 1 fully saturated rings. The molecule has 7 nitrogen and oxygen atoms in total. The van der Waals surface area contributed by atoms with E-state index in [1.54, 1.807) is 25.8 Å². The molecule has 1 aliphatic rings. The van der Waals surface area contributed by atoms with Gasteiger partial charge >= 0.3 is 12.0 Å². The van der Waals surface area contributed by atoms with Gasteiger partial charge < -0.3 is 20.2 Å². The first-order chi connectivity index (χ1) is 9.70. The van der Waals surface area contributed by atoms with Crippen molar-refractivity contribution in [3.8, 4) is 0 Å². The number of carboxylic acid groups (broad SMARTS) is 1. The molecule has 0 radical (unpaired) electrons. The number of urea groups is 1. The van der Waals surface area contributed by atoms with Crippen LogP contribution in [0.5, 0.6) is 0 Å². The Morgan fingerprint density at radius 3 is 2.52 bits per heavy atom. The SMILES string of the molecule is CCC(CNC(=O)N1CCN(C)C(=O)C1(C)C)CC(=O)O. The fraction of sp³-hybridized carbons (Fsp3) is 0.786. The molecule has 1 aliphatic heterocycles. The molecule has 1 saturated heterocycles. The van der Waals surface area contributed by atoms with Crippen molar-refractivity contribution in [2.75, 3.05) is 26.7 Å². The molecule has 1 heterocycles. The van der Waals surface area contributed by atoms with E-state index >= 15 is 0 Å². The van der Waals surface area contributed by atoms with Crippen molar-refractivity contribution >= 4 is 17.9 Å². The van der Waals surface area contributed by atoms with Gasteiger partial charge in [-0.25, -0.2) is 4.79 Å². The molecule has 1 unspecified atom stereocenters. The summed E-state index contributed by atoms with van der Waals surface area (Å²) in [5.41, 5.74) is -0.883. The second-order valence-corrected chi connectivity index (χ2v) is 6.00. The molecule has 120 valence electrons. The van der Waals surface area contributed by atoms with Crippen LogP contribution in [0.4, 0.5) is 4.79 Å². The molecule has 1 atom stereocenters.